The molecule has 1 fully saturated rings. The maximum Gasteiger partial charge on any atom is 0.206 e. The highest BCUT2D eigenvalue weighted by molar-refractivity contribution is 7.18. The number of nitrogens with zero attached hydrogens (tertiary/aromatic N) is 5. The van der Waals surface area contributed by atoms with Gasteiger partial charge in [-0.1, -0.05) is 16.5 Å². The molecule has 4 rings (SSSR count). The van der Waals surface area contributed by atoms with Crippen LogP contribution < -0.4 is 10.2 Å². The molecule has 0 saturated carbocycles. The topological polar surface area (TPSA) is 80.0 Å². The van der Waals surface area contributed by atoms with E-state index < -0.39 is 0 Å². The Morgan fingerprint density at radius 3 is 3.00 bits per heavy atom. The van der Waals surface area contributed by atoms with Crippen molar-refractivity contribution in [2.45, 2.75) is 19.3 Å². The first-order chi connectivity index (χ1) is 11.4. The van der Waals surface area contributed by atoms with E-state index >= 15 is 0 Å². The number of aromatic nitrogens is 4. The summed E-state index contributed by atoms with van der Waals surface area (Å²) >= 11 is 3.21. The Morgan fingerprint density at radius 2 is 2.17 bits per heavy atom. The van der Waals surface area contributed by atoms with Crippen molar-refractivity contribution in [2.24, 2.45) is 0 Å². The summed E-state index contributed by atoms with van der Waals surface area (Å²) in [5.74, 6) is 0. The molecule has 0 unspecified atom stereocenters. The molecule has 1 saturated heterocycles. The number of hydrogen-bond acceptors (Lipinski definition) is 9. The minimum atomic E-state index is 0.713. The summed E-state index contributed by atoms with van der Waals surface area (Å²) < 4.78 is 4.82. The molecular weight excluding hydrogens is 332 g/mol. The Bertz CT molecular complexity index is 747. The van der Waals surface area contributed by atoms with Crippen LogP contribution in [0, 0.1) is 0 Å². The molecule has 0 atom stereocenters. The fourth-order valence-corrected chi connectivity index (χ4v) is 4.13. The second-order valence-electron chi connectivity index (χ2n) is 5.29. The number of thiazole rings is 1. The first kappa shape index (κ1) is 14.6. The predicted octanol–water partition coefficient (Wildman–Crippen LogP) is 2.90. The van der Waals surface area contributed by atoms with Crippen molar-refractivity contribution in [2.75, 3.05) is 29.9 Å². The number of rotatable bonds is 6. The van der Waals surface area contributed by atoms with Crippen molar-refractivity contribution >= 4 is 32.9 Å². The molecule has 0 amide bonds. The molecular formula is C14H16N6OS2. The molecule has 23 heavy (non-hydrogen) atoms. The Balaban J connectivity index is 1.30. The van der Waals surface area contributed by atoms with E-state index in [2.05, 4.69) is 31.0 Å². The maximum absolute atomic E-state index is 4.82. The van der Waals surface area contributed by atoms with Gasteiger partial charge in [-0.25, -0.2) is 4.98 Å². The molecule has 3 aromatic heterocycles. The Morgan fingerprint density at radius 1 is 1.26 bits per heavy atom. The lowest BCUT2D eigenvalue weighted by molar-refractivity contribution is 0.422. The minimum absolute atomic E-state index is 0.713. The summed E-state index contributed by atoms with van der Waals surface area (Å²) in [6, 6.07) is 1.78. The fourth-order valence-electron chi connectivity index (χ4n) is 2.48. The van der Waals surface area contributed by atoms with Crippen LogP contribution in [0.1, 0.15) is 18.5 Å². The summed E-state index contributed by atoms with van der Waals surface area (Å²) in [6.45, 7) is 3.07. The van der Waals surface area contributed by atoms with Crippen LogP contribution in [0.5, 0.6) is 0 Å². The van der Waals surface area contributed by atoms with Gasteiger partial charge in [-0.15, -0.1) is 21.5 Å². The summed E-state index contributed by atoms with van der Waals surface area (Å²) in [5.41, 5.74) is 1.84. The van der Waals surface area contributed by atoms with Crippen LogP contribution in [0.25, 0.3) is 10.7 Å². The van der Waals surface area contributed by atoms with Gasteiger partial charge in [0.2, 0.25) is 5.13 Å². The van der Waals surface area contributed by atoms with E-state index in [1.54, 1.807) is 17.4 Å². The van der Waals surface area contributed by atoms with E-state index in [0.717, 1.165) is 47.0 Å². The quantitative estimate of drug-likeness (QED) is 0.733. The second-order valence-corrected chi connectivity index (χ2v) is 7.10. The van der Waals surface area contributed by atoms with Crippen LogP contribution in [0.2, 0.25) is 0 Å². The smallest absolute Gasteiger partial charge is 0.206 e. The maximum atomic E-state index is 4.82. The van der Waals surface area contributed by atoms with Gasteiger partial charge in [0.05, 0.1) is 5.69 Å². The Kier molecular flexibility index (Phi) is 4.20. The molecule has 3 aromatic rings. The van der Waals surface area contributed by atoms with Gasteiger partial charge in [0.25, 0.3) is 0 Å². The van der Waals surface area contributed by atoms with Gasteiger partial charge in [0, 0.05) is 37.5 Å². The molecule has 0 aliphatic carbocycles. The van der Waals surface area contributed by atoms with E-state index in [0.29, 0.717) is 5.69 Å². The molecule has 1 aliphatic rings. The first-order valence-electron chi connectivity index (χ1n) is 7.56. The van der Waals surface area contributed by atoms with Crippen molar-refractivity contribution in [3.05, 3.63) is 23.4 Å². The van der Waals surface area contributed by atoms with Gasteiger partial charge < -0.3 is 14.7 Å². The van der Waals surface area contributed by atoms with Crippen molar-refractivity contribution in [1.29, 1.82) is 0 Å². The van der Waals surface area contributed by atoms with Gasteiger partial charge >= 0.3 is 0 Å². The third kappa shape index (κ3) is 3.35. The minimum Gasteiger partial charge on any atom is -0.364 e. The molecule has 9 heteroatoms. The van der Waals surface area contributed by atoms with Crippen molar-refractivity contribution in [3.8, 4) is 10.7 Å². The molecule has 1 N–H and O–H groups in total. The highest BCUT2D eigenvalue weighted by Crippen LogP contribution is 2.26. The number of nitrogens with one attached hydrogen (secondary N) is 1. The third-order valence-electron chi connectivity index (χ3n) is 3.66. The predicted molar refractivity (Wildman–Crippen MR) is 91.2 cm³/mol. The van der Waals surface area contributed by atoms with Crippen LogP contribution in [-0.4, -0.2) is 40.0 Å². The zero-order valence-electron chi connectivity index (χ0n) is 12.4. The van der Waals surface area contributed by atoms with Crippen molar-refractivity contribution in [1.82, 2.24) is 20.3 Å². The Labute approximate surface area is 141 Å². The molecule has 120 valence electrons. The highest BCUT2D eigenvalue weighted by atomic mass is 32.1. The number of anilines is 2. The fraction of sp³-hybridized carbons (Fsp3) is 0.429. The van der Waals surface area contributed by atoms with E-state index in [-0.39, 0.29) is 0 Å². The van der Waals surface area contributed by atoms with Gasteiger partial charge in [-0.05, 0) is 12.8 Å². The van der Waals surface area contributed by atoms with Gasteiger partial charge in [-0.2, -0.15) is 0 Å². The average molecular weight is 348 g/mol. The second kappa shape index (κ2) is 6.63. The van der Waals surface area contributed by atoms with E-state index in [1.807, 2.05) is 0 Å². The normalized spacial score (nSPS) is 14.5. The van der Waals surface area contributed by atoms with E-state index in [1.165, 1.54) is 30.4 Å². The van der Waals surface area contributed by atoms with Crippen molar-refractivity contribution in [3.63, 3.8) is 0 Å². The third-order valence-corrected chi connectivity index (χ3v) is 5.51. The average Bonchev–Trinajstić information content (AvgIpc) is 3.33. The van der Waals surface area contributed by atoms with Gasteiger partial charge in [-0.3, -0.25) is 0 Å². The lowest BCUT2D eigenvalue weighted by atomic mass is 10.3. The van der Waals surface area contributed by atoms with Crippen LogP contribution in [0.3, 0.4) is 0 Å². The van der Waals surface area contributed by atoms with E-state index in [4.69, 9.17) is 9.51 Å². The lowest BCUT2D eigenvalue weighted by Crippen LogP contribution is -2.17. The van der Waals surface area contributed by atoms with Gasteiger partial charge in [0.15, 0.2) is 10.1 Å². The lowest BCUT2D eigenvalue weighted by Gasteiger charge is -2.12. The van der Waals surface area contributed by atoms with Crippen LogP contribution >= 0.6 is 22.7 Å². The van der Waals surface area contributed by atoms with E-state index in [9.17, 15) is 0 Å². The monoisotopic (exact) mass is 348 g/mol. The van der Waals surface area contributed by atoms with Crippen molar-refractivity contribution < 1.29 is 4.52 Å². The zero-order valence-corrected chi connectivity index (χ0v) is 14.1. The standard InChI is InChI=1S/C14H16N6OS2/c1-2-7-20(6-1)14-16-10(9-22-14)3-5-15-13-18-17-12(23-13)11-4-8-21-19-11/h4,8-9H,1-3,5-7H2,(H,15,18). The zero-order chi connectivity index (χ0) is 15.5. The first-order valence-corrected chi connectivity index (χ1v) is 9.25. The molecule has 4 heterocycles. The molecule has 0 radical (unpaired) electrons. The Hall–Kier alpha value is -2.00. The van der Waals surface area contributed by atoms with Crippen LogP contribution in [0.4, 0.5) is 10.3 Å². The molecule has 0 aromatic carbocycles. The molecule has 0 bridgehead atoms. The molecule has 7 nitrogen and oxygen atoms in total. The largest absolute Gasteiger partial charge is 0.364 e. The van der Waals surface area contributed by atoms with Crippen LogP contribution in [-0.2, 0) is 6.42 Å². The highest BCUT2D eigenvalue weighted by Gasteiger charge is 2.15. The summed E-state index contributed by atoms with van der Waals surface area (Å²) in [6.07, 6.45) is 4.97. The number of hydrogen-bond donors (Lipinski definition) is 1. The molecule has 0 spiro atoms. The molecule has 1 aliphatic heterocycles. The van der Waals surface area contributed by atoms with Crippen LogP contribution in [0.15, 0.2) is 22.2 Å². The SMILES string of the molecule is c1cc(-c2nnc(NCCc3csc(N4CCCC4)n3)s2)no1. The van der Waals surface area contributed by atoms with Gasteiger partial charge in [0.1, 0.15) is 12.0 Å². The summed E-state index contributed by atoms with van der Waals surface area (Å²) in [7, 11) is 0. The summed E-state index contributed by atoms with van der Waals surface area (Å²) in [5, 5.41) is 20.2. The summed E-state index contributed by atoms with van der Waals surface area (Å²) in [4.78, 5) is 7.09.